The first-order chi connectivity index (χ1) is 9.04. The molecule has 0 bridgehead atoms. The van der Waals surface area contributed by atoms with E-state index in [-0.39, 0.29) is 11.9 Å². The number of urea groups is 1. The maximum absolute atomic E-state index is 12.0. The van der Waals surface area contributed by atoms with Crippen LogP contribution in [0.1, 0.15) is 46.0 Å². The van der Waals surface area contributed by atoms with Gasteiger partial charge in [0.2, 0.25) is 0 Å². The molecule has 1 aliphatic rings. The van der Waals surface area contributed by atoms with Crippen molar-refractivity contribution in [3.8, 4) is 0 Å². The molecule has 2 N–H and O–H groups in total. The van der Waals surface area contributed by atoms with Gasteiger partial charge in [-0.3, -0.25) is 4.79 Å². The van der Waals surface area contributed by atoms with Gasteiger partial charge in [-0.15, -0.1) is 0 Å². The van der Waals surface area contributed by atoms with Gasteiger partial charge in [0.25, 0.3) is 0 Å². The summed E-state index contributed by atoms with van der Waals surface area (Å²) >= 11 is 0. The molecule has 0 aromatic carbocycles. The van der Waals surface area contributed by atoms with Crippen LogP contribution in [0.4, 0.5) is 4.79 Å². The summed E-state index contributed by atoms with van der Waals surface area (Å²) in [6.45, 7) is 5.99. The third-order valence-electron chi connectivity index (χ3n) is 3.47. The van der Waals surface area contributed by atoms with Crippen LogP contribution in [0.3, 0.4) is 0 Å². The van der Waals surface area contributed by atoms with Gasteiger partial charge in [-0.2, -0.15) is 0 Å². The molecule has 0 heterocycles. The van der Waals surface area contributed by atoms with E-state index in [4.69, 9.17) is 5.11 Å². The van der Waals surface area contributed by atoms with Crippen molar-refractivity contribution in [2.24, 2.45) is 11.8 Å². The number of aliphatic carboxylic acids is 1. The monoisotopic (exact) mass is 270 g/mol. The summed E-state index contributed by atoms with van der Waals surface area (Å²) in [6, 6.07) is -0.00303. The zero-order valence-corrected chi connectivity index (χ0v) is 12.0. The number of hydrogen-bond acceptors (Lipinski definition) is 2. The molecule has 1 fully saturated rings. The topological polar surface area (TPSA) is 69.6 Å². The molecule has 0 saturated heterocycles. The van der Waals surface area contributed by atoms with Crippen molar-refractivity contribution in [3.63, 3.8) is 0 Å². The van der Waals surface area contributed by atoms with E-state index < -0.39 is 5.97 Å². The normalized spacial score (nSPS) is 15.9. The second-order valence-corrected chi connectivity index (χ2v) is 5.50. The summed E-state index contributed by atoms with van der Waals surface area (Å²) in [5.41, 5.74) is 0. The van der Waals surface area contributed by atoms with Crippen LogP contribution >= 0.6 is 0 Å². The standard InChI is InChI=1S/C14H26N2O3/c1-3-9-16(10-12-6-7-12)14(19)15-8-4-5-11(2)13(17)18/h11-12H,3-10H2,1-2H3,(H,15,19)(H,17,18). The quantitative estimate of drug-likeness (QED) is 0.632. The molecular formula is C14H26N2O3. The van der Waals surface area contributed by atoms with Gasteiger partial charge in [-0.25, -0.2) is 4.79 Å². The van der Waals surface area contributed by atoms with Crippen LogP contribution in [0.2, 0.25) is 0 Å². The van der Waals surface area contributed by atoms with Crippen molar-refractivity contribution in [1.82, 2.24) is 10.2 Å². The summed E-state index contributed by atoms with van der Waals surface area (Å²) < 4.78 is 0. The molecule has 1 atom stereocenters. The summed E-state index contributed by atoms with van der Waals surface area (Å²) in [7, 11) is 0. The predicted molar refractivity (Wildman–Crippen MR) is 74.0 cm³/mol. The smallest absolute Gasteiger partial charge is 0.317 e. The van der Waals surface area contributed by atoms with Crippen LogP contribution in [-0.2, 0) is 4.79 Å². The fraction of sp³-hybridized carbons (Fsp3) is 0.857. The van der Waals surface area contributed by atoms with Gasteiger partial charge in [0.15, 0.2) is 0 Å². The van der Waals surface area contributed by atoms with Crippen molar-refractivity contribution in [2.45, 2.75) is 46.0 Å². The van der Waals surface area contributed by atoms with Crippen molar-refractivity contribution >= 4 is 12.0 Å². The Morgan fingerprint density at radius 1 is 1.42 bits per heavy atom. The second kappa shape index (κ2) is 8.02. The van der Waals surface area contributed by atoms with Crippen molar-refractivity contribution in [1.29, 1.82) is 0 Å². The lowest BCUT2D eigenvalue weighted by Gasteiger charge is -2.22. The molecule has 110 valence electrons. The van der Waals surface area contributed by atoms with Crippen LogP contribution in [-0.4, -0.2) is 41.6 Å². The highest BCUT2D eigenvalue weighted by atomic mass is 16.4. The number of carbonyl (C=O) groups is 2. The molecule has 5 nitrogen and oxygen atoms in total. The largest absolute Gasteiger partial charge is 0.481 e. The average molecular weight is 270 g/mol. The number of hydrogen-bond donors (Lipinski definition) is 2. The Morgan fingerprint density at radius 2 is 2.11 bits per heavy atom. The number of rotatable bonds is 9. The van der Waals surface area contributed by atoms with Gasteiger partial charge < -0.3 is 15.3 Å². The van der Waals surface area contributed by atoms with Crippen LogP contribution in [0, 0.1) is 11.8 Å². The zero-order chi connectivity index (χ0) is 14.3. The molecule has 0 aliphatic heterocycles. The average Bonchev–Trinajstić information content (AvgIpc) is 3.17. The van der Waals surface area contributed by atoms with E-state index in [9.17, 15) is 9.59 Å². The van der Waals surface area contributed by atoms with Crippen LogP contribution in [0.15, 0.2) is 0 Å². The minimum atomic E-state index is -0.771. The van der Waals surface area contributed by atoms with Gasteiger partial charge >= 0.3 is 12.0 Å². The summed E-state index contributed by atoms with van der Waals surface area (Å²) in [4.78, 5) is 24.5. The molecule has 19 heavy (non-hydrogen) atoms. The molecule has 0 aromatic rings. The lowest BCUT2D eigenvalue weighted by Crippen LogP contribution is -2.42. The molecule has 2 amide bonds. The Balaban J connectivity index is 2.18. The lowest BCUT2D eigenvalue weighted by atomic mass is 10.1. The molecule has 0 aromatic heterocycles. The van der Waals surface area contributed by atoms with E-state index >= 15 is 0 Å². The van der Waals surface area contributed by atoms with E-state index in [1.54, 1.807) is 6.92 Å². The first-order valence-corrected chi connectivity index (χ1v) is 7.30. The van der Waals surface area contributed by atoms with E-state index in [0.717, 1.165) is 19.5 Å². The van der Waals surface area contributed by atoms with Crippen LogP contribution in [0.5, 0.6) is 0 Å². The van der Waals surface area contributed by atoms with Crippen molar-refractivity contribution in [3.05, 3.63) is 0 Å². The van der Waals surface area contributed by atoms with Gasteiger partial charge in [0.1, 0.15) is 0 Å². The van der Waals surface area contributed by atoms with Gasteiger partial charge in [-0.05, 0) is 38.0 Å². The first-order valence-electron chi connectivity index (χ1n) is 7.30. The molecule has 0 spiro atoms. The Kier molecular flexibility index (Phi) is 6.67. The highest BCUT2D eigenvalue weighted by Gasteiger charge is 2.26. The van der Waals surface area contributed by atoms with Crippen LogP contribution < -0.4 is 5.32 Å². The number of nitrogens with one attached hydrogen (secondary N) is 1. The maximum atomic E-state index is 12.0. The zero-order valence-electron chi connectivity index (χ0n) is 12.0. The number of carbonyl (C=O) groups excluding carboxylic acids is 1. The van der Waals surface area contributed by atoms with Gasteiger partial charge in [-0.1, -0.05) is 13.8 Å². The maximum Gasteiger partial charge on any atom is 0.317 e. The van der Waals surface area contributed by atoms with E-state index in [1.807, 2.05) is 4.90 Å². The lowest BCUT2D eigenvalue weighted by molar-refractivity contribution is -0.141. The fourth-order valence-corrected chi connectivity index (χ4v) is 2.00. The molecule has 1 aliphatic carbocycles. The highest BCUT2D eigenvalue weighted by Crippen LogP contribution is 2.29. The minimum Gasteiger partial charge on any atom is -0.481 e. The number of nitrogens with zero attached hydrogens (tertiary/aromatic N) is 1. The van der Waals surface area contributed by atoms with E-state index in [1.165, 1.54) is 12.8 Å². The Morgan fingerprint density at radius 3 is 2.63 bits per heavy atom. The molecule has 5 heteroatoms. The van der Waals surface area contributed by atoms with Gasteiger partial charge in [0, 0.05) is 19.6 Å². The molecule has 1 unspecified atom stereocenters. The van der Waals surface area contributed by atoms with E-state index in [0.29, 0.717) is 25.3 Å². The Bertz CT molecular complexity index is 303. The highest BCUT2D eigenvalue weighted by molar-refractivity contribution is 5.74. The molecular weight excluding hydrogens is 244 g/mol. The molecule has 1 rings (SSSR count). The summed E-state index contributed by atoms with van der Waals surface area (Å²) in [5.74, 6) is -0.410. The minimum absolute atomic E-state index is 0.00303. The number of carboxylic acids is 1. The first kappa shape index (κ1) is 15.8. The number of carboxylic acid groups (broad SMARTS) is 1. The van der Waals surface area contributed by atoms with Crippen molar-refractivity contribution in [2.75, 3.05) is 19.6 Å². The van der Waals surface area contributed by atoms with Crippen LogP contribution in [0.25, 0.3) is 0 Å². The Hall–Kier alpha value is -1.26. The third-order valence-corrected chi connectivity index (χ3v) is 3.47. The SMILES string of the molecule is CCCN(CC1CC1)C(=O)NCCCC(C)C(=O)O. The summed E-state index contributed by atoms with van der Waals surface area (Å²) in [6.07, 6.45) is 4.76. The fourth-order valence-electron chi connectivity index (χ4n) is 2.00. The van der Waals surface area contributed by atoms with E-state index in [2.05, 4.69) is 12.2 Å². The summed E-state index contributed by atoms with van der Waals surface area (Å²) in [5, 5.41) is 11.6. The second-order valence-electron chi connectivity index (χ2n) is 5.50. The third kappa shape index (κ3) is 6.45. The Labute approximate surface area is 115 Å². The van der Waals surface area contributed by atoms with Gasteiger partial charge in [0.05, 0.1) is 5.92 Å². The number of amides is 2. The van der Waals surface area contributed by atoms with Crippen molar-refractivity contribution < 1.29 is 14.7 Å². The molecule has 1 saturated carbocycles. The molecule has 0 radical (unpaired) electrons. The predicted octanol–water partition coefficient (Wildman–Crippen LogP) is 2.32.